The van der Waals surface area contributed by atoms with E-state index >= 15 is 0 Å². The van der Waals surface area contributed by atoms with Crippen molar-refractivity contribution in [2.45, 2.75) is 26.1 Å². The number of fused-ring (bicyclic) bond motifs is 6. The van der Waals surface area contributed by atoms with Crippen molar-refractivity contribution in [3.05, 3.63) is 143 Å². The third-order valence-corrected chi connectivity index (χ3v) is 7.51. The van der Waals surface area contributed by atoms with E-state index in [-0.39, 0.29) is 0 Å². The quantitative estimate of drug-likeness (QED) is 0.247. The summed E-state index contributed by atoms with van der Waals surface area (Å²) in [5.74, 6) is 1.56. The van der Waals surface area contributed by atoms with E-state index in [4.69, 9.17) is 9.47 Å². The van der Waals surface area contributed by atoms with Crippen LogP contribution in [0.2, 0.25) is 0 Å². The minimum Gasteiger partial charge on any atom is -0.485 e. The van der Waals surface area contributed by atoms with Crippen LogP contribution in [0.5, 0.6) is 11.5 Å². The summed E-state index contributed by atoms with van der Waals surface area (Å²) in [5.41, 5.74) is 13.3. The standard InChI is InChI=1S/C34H26O2/c1-3-13-27-23(9-1)19-31-25(11-7-15-29(27)31)21-35-33-17-5-6-18-34(33)36-22-26-12-8-16-30-28-14-4-2-10-24(28)20-32(26)30/h1-18H,19-22H2. The normalized spacial score (nSPS) is 12.4. The number of ether oxygens (including phenoxy) is 2. The van der Waals surface area contributed by atoms with Gasteiger partial charge in [-0.25, -0.2) is 0 Å². The second kappa shape index (κ2) is 8.73. The molecule has 174 valence electrons. The highest BCUT2D eigenvalue weighted by Gasteiger charge is 2.22. The first-order valence-corrected chi connectivity index (χ1v) is 12.6. The van der Waals surface area contributed by atoms with E-state index < -0.39 is 0 Å². The van der Waals surface area contributed by atoms with Crippen molar-refractivity contribution in [1.29, 1.82) is 0 Å². The number of hydrogen-bond donors (Lipinski definition) is 0. The van der Waals surface area contributed by atoms with Crippen molar-refractivity contribution in [1.82, 2.24) is 0 Å². The Bertz CT molecular complexity index is 1480. The SMILES string of the molecule is c1ccc2c(c1)Cc1c(COc3ccccc3OCc3cccc4c3Cc3ccccc3-4)cccc1-2. The smallest absolute Gasteiger partial charge is 0.161 e. The van der Waals surface area contributed by atoms with E-state index in [0.29, 0.717) is 13.2 Å². The molecule has 2 heteroatoms. The summed E-state index contributed by atoms with van der Waals surface area (Å²) in [6.07, 6.45) is 1.93. The molecule has 2 aliphatic rings. The Morgan fingerprint density at radius 3 is 1.33 bits per heavy atom. The van der Waals surface area contributed by atoms with Gasteiger partial charge < -0.3 is 9.47 Å². The molecular weight excluding hydrogens is 440 g/mol. The summed E-state index contributed by atoms with van der Waals surface area (Å²) < 4.78 is 12.7. The zero-order valence-corrected chi connectivity index (χ0v) is 20.0. The van der Waals surface area contributed by atoms with Gasteiger partial charge in [0.1, 0.15) is 13.2 Å². The molecule has 7 rings (SSSR count). The van der Waals surface area contributed by atoms with Gasteiger partial charge in [0.15, 0.2) is 11.5 Å². The molecule has 0 unspecified atom stereocenters. The summed E-state index contributed by atoms with van der Waals surface area (Å²) in [4.78, 5) is 0. The molecule has 0 atom stereocenters. The third-order valence-electron chi connectivity index (χ3n) is 7.51. The maximum absolute atomic E-state index is 6.35. The number of para-hydroxylation sites is 2. The zero-order chi connectivity index (χ0) is 23.9. The summed E-state index contributed by atoms with van der Waals surface area (Å²) >= 11 is 0. The van der Waals surface area contributed by atoms with Gasteiger partial charge in [-0.05, 0) is 80.6 Å². The van der Waals surface area contributed by atoms with Crippen molar-refractivity contribution in [2.75, 3.05) is 0 Å². The summed E-state index contributed by atoms with van der Waals surface area (Å²) in [5, 5.41) is 0. The van der Waals surface area contributed by atoms with Gasteiger partial charge in [0.2, 0.25) is 0 Å². The van der Waals surface area contributed by atoms with Crippen molar-refractivity contribution in [3.8, 4) is 33.8 Å². The molecule has 0 radical (unpaired) electrons. The van der Waals surface area contributed by atoms with Crippen LogP contribution < -0.4 is 9.47 Å². The Balaban J connectivity index is 1.10. The molecule has 36 heavy (non-hydrogen) atoms. The van der Waals surface area contributed by atoms with Gasteiger partial charge in [-0.3, -0.25) is 0 Å². The maximum Gasteiger partial charge on any atom is 0.161 e. The topological polar surface area (TPSA) is 18.5 Å². The fourth-order valence-corrected chi connectivity index (χ4v) is 5.72. The van der Waals surface area contributed by atoms with E-state index in [9.17, 15) is 0 Å². The maximum atomic E-state index is 6.35. The van der Waals surface area contributed by atoms with Gasteiger partial charge in [0, 0.05) is 0 Å². The first-order valence-electron chi connectivity index (χ1n) is 12.6. The molecule has 0 saturated heterocycles. The molecule has 5 aromatic carbocycles. The average molecular weight is 467 g/mol. The van der Waals surface area contributed by atoms with Crippen molar-refractivity contribution in [3.63, 3.8) is 0 Å². The Hall–Kier alpha value is -4.30. The minimum absolute atomic E-state index is 0.521. The van der Waals surface area contributed by atoms with Crippen LogP contribution in [-0.2, 0) is 26.1 Å². The minimum atomic E-state index is 0.521. The molecule has 0 amide bonds. The molecule has 2 aliphatic carbocycles. The molecule has 0 saturated carbocycles. The number of benzene rings is 5. The summed E-state index contributed by atoms with van der Waals surface area (Å²) in [7, 11) is 0. The highest BCUT2D eigenvalue weighted by molar-refractivity contribution is 5.78. The van der Waals surface area contributed by atoms with E-state index in [0.717, 1.165) is 24.3 Å². The van der Waals surface area contributed by atoms with Crippen LogP contribution in [0.1, 0.15) is 33.4 Å². The molecule has 0 spiro atoms. The molecule has 0 N–H and O–H groups in total. The van der Waals surface area contributed by atoms with Crippen molar-refractivity contribution in [2.24, 2.45) is 0 Å². The second-order valence-corrected chi connectivity index (χ2v) is 9.58. The predicted molar refractivity (Wildman–Crippen MR) is 144 cm³/mol. The lowest BCUT2D eigenvalue weighted by molar-refractivity contribution is 0.255. The summed E-state index contributed by atoms with van der Waals surface area (Å²) in [6.45, 7) is 1.04. The first kappa shape index (κ1) is 21.0. The van der Waals surface area contributed by atoms with Crippen LogP contribution in [0, 0.1) is 0 Å². The number of rotatable bonds is 6. The van der Waals surface area contributed by atoms with Gasteiger partial charge in [-0.1, -0.05) is 97.1 Å². The third kappa shape index (κ3) is 3.58. The van der Waals surface area contributed by atoms with Crippen LogP contribution in [0.3, 0.4) is 0 Å². The Labute approximate surface area is 211 Å². The Morgan fingerprint density at radius 2 is 0.833 bits per heavy atom. The molecule has 0 heterocycles. The van der Waals surface area contributed by atoms with Gasteiger partial charge in [0.25, 0.3) is 0 Å². The van der Waals surface area contributed by atoms with Crippen molar-refractivity contribution < 1.29 is 9.47 Å². The van der Waals surface area contributed by atoms with Gasteiger partial charge in [-0.15, -0.1) is 0 Å². The van der Waals surface area contributed by atoms with Crippen LogP contribution in [0.25, 0.3) is 22.3 Å². The van der Waals surface area contributed by atoms with Crippen LogP contribution in [0.4, 0.5) is 0 Å². The lowest BCUT2D eigenvalue weighted by atomic mass is 10.0. The van der Waals surface area contributed by atoms with Gasteiger partial charge in [-0.2, -0.15) is 0 Å². The van der Waals surface area contributed by atoms with E-state index in [1.54, 1.807) is 0 Å². The molecular formula is C34H26O2. The average Bonchev–Trinajstić information content (AvgIpc) is 3.50. The molecule has 0 aliphatic heterocycles. The first-order chi connectivity index (χ1) is 17.8. The molecule has 2 nitrogen and oxygen atoms in total. The lowest BCUT2D eigenvalue weighted by Gasteiger charge is -2.15. The van der Waals surface area contributed by atoms with Crippen LogP contribution >= 0.6 is 0 Å². The Morgan fingerprint density at radius 1 is 0.417 bits per heavy atom. The highest BCUT2D eigenvalue weighted by atomic mass is 16.5. The predicted octanol–water partition coefficient (Wildman–Crippen LogP) is 7.99. The molecule has 5 aromatic rings. The lowest BCUT2D eigenvalue weighted by Crippen LogP contribution is -2.03. The van der Waals surface area contributed by atoms with Gasteiger partial charge in [0.05, 0.1) is 0 Å². The highest BCUT2D eigenvalue weighted by Crippen LogP contribution is 2.40. The second-order valence-electron chi connectivity index (χ2n) is 9.58. The van der Waals surface area contributed by atoms with Crippen molar-refractivity contribution >= 4 is 0 Å². The fraction of sp³-hybridized carbons (Fsp3) is 0.118. The monoisotopic (exact) mass is 466 g/mol. The molecule has 0 fully saturated rings. The summed E-state index contributed by atoms with van der Waals surface area (Å²) in [6, 6.07) is 38.4. The van der Waals surface area contributed by atoms with Crippen LogP contribution in [-0.4, -0.2) is 0 Å². The van der Waals surface area contributed by atoms with Crippen LogP contribution in [0.15, 0.2) is 109 Å². The largest absolute Gasteiger partial charge is 0.485 e. The van der Waals surface area contributed by atoms with E-state index in [2.05, 4.69) is 84.9 Å². The Kier molecular flexibility index (Phi) is 5.10. The van der Waals surface area contributed by atoms with Gasteiger partial charge >= 0.3 is 0 Å². The fourth-order valence-electron chi connectivity index (χ4n) is 5.72. The zero-order valence-electron chi connectivity index (χ0n) is 20.0. The van der Waals surface area contributed by atoms with E-state index in [1.807, 2.05) is 24.3 Å². The number of hydrogen-bond acceptors (Lipinski definition) is 2. The molecule has 0 bridgehead atoms. The molecule has 0 aromatic heterocycles. The van der Waals surface area contributed by atoms with E-state index in [1.165, 1.54) is 55.6 Å².